The van der Waals surface area contributed by atoms with Crippen molar-refractivity contribution in [1.29, 1.82) is 0 Å². The minimum atomic E-state index is -0.141. The molecule has 2 aliphatic rings. The molecule has 2 aromatic rings. The predicted octanol–water partition coefficient (Wildman–Crippen LogP) is 3.54. The third kappa shape index (κ3) is 3.84. The number of para-hydroxylation sites is 2. The monoisotopic (exact) mass is 383 g/mol. The Kier molecular flexibility index (Phi) is 5.14. The summed E-state index contributed by atoms with van der Waals surface area (Å²) in [6.45, 7) is 2.60. The van der Waals surface area contributed by atoms with Gasteiger partial charge in [-0.25, -0.2) is 0 Å². The zero-order valence-electron chi connectivity index (χ0n) is 15.0. The van der Waals surface area contributed by atoms with E-state index >= 15 is 0 Å². The summed E-state index contributed by atoms with van der Waals surface area (Å²) in [6, 6.07) is 15.4. The summed E-state index contributed by atoms with van der Waals surface area (Å²) in [5.74, 6) is -0.139. The molecule has 2 amide bonds. The van der Waals surface area contributed by atoms with Gasteiger partial charge in [-0.05, 0) is 49.7 Å². The van der Waals surface area contributed by atoms with Crippen molar-refractivity contribution in [2.45, 2.75) is 19.4 Å². The van der Waals surface area contributed by atoms with Crippen LogP contribution >= 0.6 is 11.6 Å². The molecule has 0 saturated carbocycles. The number of amides is 2. The smallest absolute Gasteiger partial charge is 0.244 e. The van der Waals surface area contributed by atoms with Crippen molar-refractivity contribution in [2.24, 2.45) is 5.92 Å². The number of nitrogens with zero attached hydrogens (tertiary/aromatic N) is 2. The molecule has 27 heavy (non-hydrogen) atoms. The molecule has 1 saturated heterocycles. The predicted molar refractivity (Wildman–Crippen MR) is 107 cm³/mol. The van der Waals surface area contributed by atoms with Gasteiger partial charge in [-0.15, -0.1) is 0 Å². The van der Waals surface area contributed by atoms with Crippen molar-refractivity contribution in [3.63, 3.8) is 0 Å². The molecule has 0 aromatic heterocycles. The zero-order chi connectivity index (χ0) is 18.8. The number of benzene rings is 2. The third-order valence-electron chi connectivity index (χ3n) is 5.33. The summed E-state index contributed by atoms with van der Waals surface area (Å²) in [5.41, 5.74) is 2.62. The Morgan fingerprint density at radius 2 is 1.78 bits per heavy atom. The second kappa shape index (κ2) is 7.71. The SMILES string of the molecule is O=C1CN(C(=O)C2CCN(Cc3ccccc3Cl)CC2)c2ccccc2N1. The van der Waals surface area contributed by atoms with Gasteiger partial charge in [0.2, 0.25) is 11.8 Å². The number of carbonyl (C=O) groups excluding carboxylic acids is 2. The lowest BCUT2D eigenvalue weighted by Gasteiger charge is -2.36. The molecule has 6 heteroatoms. The molecule has 0 spiro atoms. The van der Waals surface area contributed by atoms with Crippen LogP contribution in [0.3, 0.4) is 0 Å². The summed E-state index contributed by atoms with van der Waals surface area (Å²) in [7, 11) is 0. The van der Waals surface area contributed by atoms with Crippen LogP contribution in [0.15, 0.2) is 48.5 Å². The maximum Gasteiger partial charge on any atom is 0.244 e. The van der Waals surface area contributed by atoms with Crippen LogP contribution in [0.1, 0.15) is 18.4 Å². The molecule has 2 aliphatic heterocycles. The van der Waals surface area contributed by atoms with Crippen LogP contribution in [0.25, 0.3) is 0 Å². The van der Waals surface area contributed by atoms with E-state index in [1.807, 2.05) is 48.5 Å². The maximum absolute atomic E-state index is 13.1. The van der Waals surface area contributed by atoms with Gasteiger partial charge in [0.15, 0.2) is 0 Å². The fourth-order valence-corrected chi connectivity index (χ4v) is 4.05. The molecule has 0 radical (unpaired) electrons. The topological polar surface area (TPSA) is 52.7 Å². The van der Waals surface area contributed by atoms with Crippen LogP contribution in [-0.2, 0) is 16.1 Å². The fourth-order valence-electron chi connectivity index (χ4n) is 3.86. The lowest BCUT2D eigenvalue weighted by molar-refractivity contribution is -0.125. The highest BCUT2D eigenvalue weighted by atomic mass is 35.5. The first-order chi connectivity index (χ1) is 13.1. The normalized spacial score (nSPS) is 18.1. The molecule has 1 N–H and O–H groups in total. The Labute approximate surface area is 163 Å². The van der Waals surface area contributed by atoms with E-state index in [4.69, 9.17) is 11.6 Å². The fraction of sp³-hybridized carbons (Fsp3) is 0.333. The first kappa shape index (κ1) is 18.0. The van der Waals surface area contributed by atoms with Gasteiger partial charge in [-0.2, -0.15) is 0 Å². The Morgan fingerprint density at radius 3 is 2.56 bits per heavy atom. The maximum atomic E-state index is 13.1. The van der Waals surface area contributed by atoms with E-state index in [9.17, 15) is 9.59 Å². The molecule has 2 aromatic carbocycles. The number of fused-ring (bicyclic) bond motifs is 1. The molecule has 140 valence electrons. The molecule has 0 bridgehead atoms. The standard InChI is InChI=1S/C21H22ClN3O2/c22-17-6-2-1-5-16(17)13-24-11-9-15(10-12-24)21(27)25-14-20(26)23-18-7-3-4-8-19(18)25/h1-8,15H,9-14H2,(H,23,26). The number of halogens is 1. The molecular weight excluding hydrogens is 362 g/mol. The summed E-state index contributed by atoms with van der Waals surface area (Å²) >= 11 is 6.26. The number of likely N-dealkylation sites (tertiary alicyclic amines) is 1. The van der Waals surface area contributed by atoms with E-state index < -0.39 is 0 Å². The van der Waals surface area contributed by atoms with Gasteiger partial charge in [0.05, 0.1) is 11.4 Å². The average Bonchev–Trinajstić information content (AvgIpc) is 2.69. The van der Waals surface area contributed by atoms with Gasteiger partial charge in [0, 0.05) is 17.5 Å². The third-order valence-corrected chi connectivity index (χ3v) is 5.69. The number of hydrogen-bond donors (Lipinski definition) is 1. The van der Waals surface area contributed by atoms with Crippen LogP contribution < -0.4 is 10.2 Å². The quantitative estimate of drug-likeness (QED) is 0.882. The van der Waals surface area contributed by atoms with Crippen LogP contribution in [0.5, 0.6) is 0 Å². The van der Waals surface area contributed by atoms with E-state index in [1.165, 1.54) is 0 Å². The van der Waals surface area contributed by atoms with Gasteiger partial charge in [-0.3, -0.25) is 14.5 Å². The number of nitrogens with one attached hydrogen (secondary N) is 1. The number of carbonyl (C=O) groups is 2. The van der Waals surface area contributed by atoms with Gasteiger partial charge in [0.1, 0.15) is 6.54 Å². The molecule has 0 atom stereocenters. The van der Waals surface area contributed by atoms with Gasteiger partial charge in [0.25, 0.3) is 0 Å². The van der Waals surface area contributed by atoms with E-state index in [0.717, 1.165) is 48.7 Å². The van der Waals surface area contributed by atoms with Crippen molar-refractivity contribution in [2.75, 3.05) is 29.9 Å². The lowest BCUT2D eigenvalue weighted by Crippen LogP contribution is -2.47. The van der Waals surface area contributed by atoms with Gasteiger partial charge >= 0.3 is 0 Å². The summed E-state index contributed by atoms with van der Waals surface area (Å²) in [6.07, 6.45) is 1.59. The van der Waals surface area contributed by atoms with Gasteiger partial charge < -0.3 is 10.2 Å². The minimum Gasteiger partial charge on any atom is -0.323 e. The molecule has 1 fully saturated rings. The average molecular weight is 384 g/mol. The van der Waals surface area contributed by atoms with Crippen LogP contribution in [0.2, 0.25) is 5.02 Å². The highest BCUT2D eigenvalue weighted by Gasteiger charge is 2.33. The van der Waals surface area contributed by atoms with Crippen molar-refractivity contribution in [1.82, 2.24) is 4.90 Å². The Morgan fingerprint density at radius 1 is 1.07 bits per heavy atom. The van der Waals surface area contributed by atoms with Crippen LogP contribution in [0, 0.1) is 5.92 Å². The molecular formula is C21H22ClN3O2. The van der Waals surface area contributed by atoms with E-state index in [1.54, 1.807) is 4.90 Å². The highest BCUT2D eigenvalue weighted by Crippen LogP contribution is 2.32. The zero-order valence-corrected chi connectivity index (χ0v) is 15.8. The van der Waals surface area contributed by atoms with Gasteiger partial charge in [-0.1, -0.05) is 41.9 Å². The van der Waals surface area contributed by atoms with Crippen LogP contribution in [0.4, 0.5) is 11.4 Å². The highest BCUT2D eigenvalue weighted by molar-refractivity contribution is 6.31. The minimum absolute atomic E-state index is 0.0496. The van der Waals surface area contributed by atoms with Crippen molar-refractivity contribution >= 4 is 34.8 Å². The molecule has 5 nitrogen and oxygen atoms in total. The Hall–Kier alpha value is -2.37. The van der Waals surface area contributed by atoms with E-state index in [2.05, 4.69) is 10.2 Å². The first-order valence-corrected chi connectivity index (χ1v) is 9.65. The molecule has 4 rings (SSSR count). The van der Waals surface area contributed by atoms with Crippen molar-refractivity contribution < 1.29 is 9.59 Å². The Balaban J connectivity index is 1.41. The number of anilines is 2. The number of hydrogen-bond acceptors (Lipinski definition) is 3. The molecule has 2 heterocycles. The Bertz CT molecular complexity index is 862. The lowest BCUT2D eigenvalue weighted by atomic mass is 9.94. The first-order valence-electron chi connectivity index (χ1n) is 9.28. The van der Waals surface area contributed by atoms with Crippen molar-refractivity contribution in [3.05, 3.63) is 59.1 Å². The summed E-state index contributed by atoms with van der Waals surface area (Å²) in [5, 5.41) is 3.62. The number of rotatable bonds is 3. The second-order valence-corrected chi connectivity index (χ2v) is 7.54. The second-order valence-electron chi connectivity index (χ2n) is 7.13. The molecule has 0 aliphatic carbocycles. The number of piperidine rings is 1. The summed E-state index contributed by atoms with van der Waals surface area (Å²) in [4.78, 5) is 29.0. The summed E-state index contributed by atoms with van der Waals surface area (Å²) < 4.78 is 0. The van der Waals surface area contributed by atoms with E-state index in [0.29, 0.717) is 5.69 Å². The largest absolute Gasteiger partial charge is 0.323 e. The van der Waals surface area contributed by atoms with Crippen LogP contribution in [-0.4, -0.2) is 36.3 Å². The van der Waals surface area contributed by atoms with E-state index in [-0.39, 0.29) is 24.3 Å². The molecule has 0 unspecified atom stereocenters. The van der Waals surface area contributed by atoms with Crippen molar-refractivity contribution in [3.8, 4) is 0 Å².